The van der Waals surface area contributed by atoms with Crippen LogP contribution >= 0.6 is 11.6 Å². The van der Waals surface area contributed by atoms with Crippen LogP contribution in [0.25, 0.3) is 5.69 Å². The molecule has 0 N–H and O–H groups in total. The van der Waals surface area contributed by atoms with Crippen LogP contribution in [-0.4, -0.2) is 41.8 Å². The van der Waals surface area contributed by atoms with Gasteiger partial charge in [0.15, 0.2) is 0 Å². The SMILES string of the molecule is C=C(/C=C\C=C/CCOc1ccn(-c2ccc(Cl)cc2)n1)N(OC)C(=O)OC. The lowest BCUT2D eigenvalue weighted by Gasteiger charge is -2.17. The molecule has 0 aliphatic carbocycles. The smallest absolute Gasteiger partial charge is 0.438 e. The van der Waals surface area contributed by atoms with Gasteiger partial charge in [0.1, 0.15) is 0 Å². The van der Waals surface area contributed by atoms with Crippen molar-refractivity contribution >= 4 is 17.7 Å². The number of carbonyl (C=O) groups is 1. The van der Waals surface area contributed by atoms with Gasteiger partial charge in [-0.05, 0) is 36.8 Å². The Hall–Kier alpha value is -3.03. The number of ether oxygens (including phenoxy) is 2. The van der Waals surface area contributed by atoms with Crippen molar-refractivity contribution in [2.75, 3.05) is 20.8 Å². The van der Waals surface area contributed by atoms with Gasteiger partial charge in [-0.1, -0.05) is 36.4 Å². The van der Waals surface area contributed by atoms with E-state index in [9.17, 15) is 4.79 Å². The van der Waals surface area contributed by atoms with Crippen LogP contribution in [0.1, 0.15) is 6.42 Å². The number of nitrogens with zero attached hydrogens (tertiary/aromatic N) is 3. The Morgan fingerprint density at radius 1 is 1.25 bits per heavy atom. The van der Waals surface area contributed by atoms with Gasteiger partial charge in [0, 0.05) is 17.3 Å². The van der Waals surface area contributed by atoms with Gasteiger partial charge in [0.25, 0.3) is 0 Å². The lowest BCUT2D eigenvalue weighted by Crippen LogP contribution is -2.27. The summed E-state index contributed by atoms with van der Waals surface area (Å²) >= 11 is 5.89. The van der Waals surface area contributed by atoms with Crippen LogP contribution in [0.15, 0.2) is 73.1 Å². The molecule has 0 atom stereocenters. The molecule has 0 saturated heterocycles. The number of hydroxylamine groups is 2. The third kappa shape index (κ3) is 6.29. The maximum atomic E-state index is 11.4. The van der Waals surface area contributed by atoms with Crippen molar-refractivity contribution in [1.29, 1.82) is 0 Å². The number of methoxy groups -OCH3 is 1. The maximum absolute atomic E-state index is 11.4. The van der Waals surface area contributed by atoms with Gasteiger partial charge in [-0.2, -0.15) is 5.06 Å². The van der Waals surface area contributed by atoms with Crippen molar-refractivity contribution in [2.45, 2.75) is 6.42 Å². The predicted molar refractivity (Wildman–Crippen MR) is 107 cm³/mol. The topological polar surface area (TPSA) is 65.8 Å². The lowest BCUT2D eigenvalue weighted by molar-refractivity contribution is -0.0755. The van der Waals surface area contributed by atoms with Gasteiger partial charge in [0.05, 0.1) is 32.2 Å². The molecule has 0 radical (unpaired) electrons. The summed E-state index contributed by atoms with van der Waals surface area (Å²) in [4.78, 5) is 16.3. The van der Waals surface area contributed by atoms with Crippen LogP contribution in [0.3, 0.4) is 0 Å². The van der Waals surface area contributed by atoms with E-state index in [1.807, 2.05) is 42.6 Å². The molecule has 28 heavy (non-hydrogen) atoms. The van der Waals surface area contributed by atoms with E-state index in [0.717, 1.165) is 10.8 Å². The average Bonchev–Trinajstić information content (AvgIpc) is 3.17. The van der Waals surface area contributed by atoms with Crippen molar-refractivity contribution in [1.82, 2.24) is 14.8 Å². The largest absolute Gasteiger partial charge is 0.476 e. The monoisotopic (exact) mass is 403 g/mol. The van der Waals surface area contributed by atoms with E-state index in [1.54, 1.807) is 22.9 Å². The van der Waals surface area contributed by atoms with E-state index >= 15 is 0 Å². The average molecular weight is 404 g/mol. The third-order valence-electron chi connectivity index (χ3n) is 3.51. The van der Waals surface area contributed by atoms with Crippen LogP contribution in [0.2, 0.25) is 5.02 Å². The molecule has 2 rings (SSSR count). The molecule has 0 spiro atoms. The highest BCUT2D eigenvalue weighted by molar-refractivity contribution is 6.30. The molecule has 0 saturated carbocycles. The maximum Gasteiger partial charge on any atom is 0.438 e. The van der Waals surface area contributed by atoms with Gasteiger partial charge in [0.2, 0.25) is 5.88 Å². The van der Waals surface area contributed by atoms with E-state index in [0.29, 0.717) is 29.6 Å². The van der Waals surface area contributed by atoms with Crippen LogP contribution in [0.5, 0.6) is 5.88 Å². The molecule has 1 aromatic heterocycles. The summed E-state index contributed by atoms with van der Waals surface area (Å²) < 4.78 is 11.9. The molecule has 0 aliphatic rings. The van der Waals surface area contributed by atoms with E-state index < -0.39 is 6.09 Å². The second-order valence-electron chi connectivity index (χ2n) is 5.44. The summed E-state index contributed by atoms with van der Waals surface area (Å²) in [6.45, 7) is 4.22. The first kappa shape index (κ1) is 21.3. The number of aromatic nitrogens is 2. The fourth-order valence-corrected chi connectivity index (χ4v) is 2.28. The summed E-state index contributed by atoms with van der Waals surface area (Å²) in [6.07, 6.45) is 8.99. The summed E-state index contributed by atoms with van der Waals surface area (Å²) in [6, 6.07) is 9.18. The molecule has 8 heteroatoms. The number of halogens is 1. The molecule has 0 unspecified atom stereocenters. The molecule has 148 valence electrons. The van der Waals surface area contributed by atoms with Crippen molar-refractivity contribution in [3.05, 3.63) is 78.1 Å². The van der Waals surface area contributed by atoms with Crippen molar-refractivity contribution in [3.63, 3.8) is 0 Å². The Balaban J connectivity index is 1.74. The van der Waals surface area contributed by atoms with Crippen LogP contribution < -0.4 is 4.74 Å². The Morgan fingerprint density at radius 2 is 2.00 bits per heavy atom. The quantitative estimate of drug-likeness (QED) is 0.349. The Morgan fingerprint density at radius 3 is 2.68 bits per heavy atom. The zero-order valence-corrected chi connectivity index (χ0v) is 16.5. The number of hydrogen-bond donors (Lipinski definition) is 0. The highest BCUT2D eigenvalue weighted by Crippen LogP contribution is 2.15. The first-order valence-electron chi connectivity index (χ1n) is 8.44. The van der Waals surface area contributed by atoms with Gasteiger partial charge in [-0.25, -0.2) is 9.48 Å². The first-order valence-corrected chi connectivity index (χ1v) is 8.81. The van der Waals surface area contributed by atoms with E-state index in [1.165, 1.54) is 14.2 Å². The number of benzene rings is 1. The van der Waals surface area contributed by atoms with Gasteiger partial charge in [-0.15, -0.1) is 5.10 Å². The highest BCUT2D eigenvalue weighted by Gasteiger charge is 2.14. The number of allylic oxidation sites excluding steroid dienone is 3. The van der Waals surface area contributed by atoms with Gasteiger partial charge in [-0.3, -0.25) is 4.84 Å². The molecule has 1 amide bonds. The first-order chi connectivity index (χ1) is 13.5. The van der Waals surface area contributed by atoms with Crippen LogP contribution in [-0.2, 0) is 9.57 Å². The molecular formula is C20H22ClN3O4. The van der Waals surface area contributed by atoms with Crippen molar-refractivity contribution in [3.8, 4) is 11.6 Å². The predicted octanol–water partition coefficient (Wildman–Crippen LogP) is 4.55. The summed E-state index contributed by atoms with van der Waals surface area (Å²) in [5.74, 6) is 0.543. The molecule has 0 aliphatic heterocycles. The zero-order valence-electron chi connectivity index (χ0n) is 15.7. The minimum absolute atomic E-state index is 0.350. The highest BCUT2D eigenvalue weighted by atomic mass is 35.5. The van der Waals surface area contributed by atoms with Crippen molar-refractivity contribution < 1.29 is 19.1 Å². The summed E-state index contributed by atoms with van der Waals surface area (Å²) in [5, 5.41) is 5.99. The molecule has 1 aromatic carbocycles. The molecular weight excluding hydrogens is 382 g/mol. The number of carbonyl (C=O) groups excluding carboxylic acids is 1. The molecule has 0 bridgehead atoms. The minimum atomic E-state index is -0.646. The number of hydrogen-bond acceptors (Lipinski definition) is 5. The zero-order chi connectivity index (χ0) is 20.4. The van der Waals surface area contributed by atoms with E-state index in [-0.39, 0.29) is 0 Å². The molecule has 1 heterocycles. The second-order valence-corrected chi connectivity index (χ2v) is 5.87. The second kappa shape index (κ2) is 11.0. The van der Waals surface area contributed by atoms with Gasteiger partial charge < -0.3 is 9.47 Å². The van der Waals surface area contributed by atoms with Crippen molar-refractivity contribution in [2.24, 2.45) is 0 Å². The Kier molecular flexibility index (Phi) is 8.33. The lowest BCUT2D eigenvalue weighted by atomic mass is 10.3. The van der Waals surface area contributed by atoms with E-state index in [4.69, 9.17) is 21.2 Å². The van der Waals surface area contributed by atoms with Gasteiger partial charge >= 0.3 is 6.09 Å². The Bertz CT molecular complexity index is 843. The van der Waals surface area contributed by atoms with E-state index in [2.05, 4.69) is 16.4 Å². The number of rotatable bonds is 9. The fourth-order valence-electron chi connectivity index (χ4n) is 2.15. The summed E-state index contributed by atoms with van der Waals surface area (Å²) in [7, 11) is 2.63. The summed E-state index contributed by atoms with van der Waals surface area (Å²) in [5.41, 5.74) is 1.25. The minimum Gasteiger partial charge on any atom is -0.476 e. The molecule has 2 aromatic rings. The molecule has 7 nitrogen and oxygen atoms in total. The van der Waals surface area contributed by atoms with Crippen LogP contribution in [0, 0.1) is 0 Å². The molecule has 0 fully saturated rings. The Labute approximate surface area is 169 Å². The number of amides is 1. The standard InChI is InChI=1S/C20H22ClN3O4/c1-16(24(27-3)20(25)26-2)8-6-4-5-7-15-28-19-13-14-23(22-19)18-11-9-17(21)10-12-18/h4-6,8-14H,1,7,15H2,2-3H3/b5-4-,8-6-. The van der Waals surface area contributed by atoms with Crippen LogP contribution in [0.4, 0.5) is 4.79 Å². The normalized spacial score (nSPS) is 11.1. The fraction of sp³-hybridized carbons (Fsp3) is 0.200. The third-order valence-corrected chi connectivity index (χ3v) is 3.76.